The van der Waals surface area contributed by atoms with E-state index in [1.54, 1.807) is 18.2 Å². The third kappa shape index (κ3) is 3.41. The maximum Gasteiger partial charge on any atom is 0.241 e. The Morgan fingerprint density at radius 2 is 1.58 bits per heavy atom. The molecule has 0 aliphatic heterocycles. The largest absolute Gasteiger partial charge is 0.392 e. The topological polar surface area (TPSA) is 66.4 Å². The van der Waals surface area contributed by atoms with Crippen molar-refractivity contribution < 1.29 is 13.5 Å². The SMILES string of the molecule is O=S(=O)(NCc1ccccc1)c1ccccc1CO. The van der Waals surface area contributed by atoms with Crippen molar-refractivity contribution in [3.63, 3.8) is 0 Å². The van der Waals surface area contributed by atoms with Crippen molar-refractivity contribution in [3.05, 3.63) is 65.7 Å². The summed E-state index contributed by atoms with van der Waals surface area (Å²) < 4.78 is 26.9. The van der Waals surface area contributed by atoms with Crippen LogP contribution in [0.2, 0.25) is 0 Å². The fraction of sp³-hybridized carbons (Fsp3) is 0.143. The molecule has 0 unspecified atom stereocenters. The van der Waals surface area contributed by atoms with Crippen LogP contribution in [0.5, 0.6) is 0 Å². The molecule has 0 aliphatic carbocycles. The van der Waals surface area contributed by atoms with E-state index in [0.29, 0.717) is 5.56 Å². The van der Waals surface area contributed by atoms with Gasteiger partial charge in [0.25, 0.3) is 0 Å². The number of sulfonamides is 1. The van der Waals surface area contributed by atoms with E-state index in [1.165, 1.54) is 6.07 Å². The van der Waals surface area contributed by atoms with E-state index in [4.69, 9.17) is 0 Å². The zero-order valence-corrected chi connectivity index (χ0v) is 11.1. The molecule has 4 nitrogen and oxygen atoms in total. The van der Waals surface area contributed by atoms with Crippen molar-refractivity contribution in [1.82, 2.24) is 4.72 Å². The van der Waals surface area contributed by atoms with Gasteiger partial charge in [0, 0.05) is 6.54 Å². The molecule has 0 spiro atoms. The first-order chi connectivity index (χ1) is 9.13. The third-order valence-electron chi connectivity index (χ3n) is 2.74. The summed E-state index contributed by atoms with van der Waals surface area (Å²) in [7, 11) is -3.61. The van der Waals surface area contributed by atoms with Gasteiger partial charge < -0.3 is 5.11 Å². The molecule has 19 heavy (non-hydrogen) atoms. The van der Waals surface area contributed by atoms with Gasteiger partial charge in [-0.2, -0.15) is 0 Å². The average Bonchev–Trinajstić information content (AvgIpc) is 2.46. The fourth-order valence-corrected chi connectivity index (χ4v) is 3.00. The van der Waals surface area contributed by atoms with E-state index >= 15 is 0 Å². The van der Waals surface area contributed by atoms with Crippen molar-refractivity contribution >= 4 is 10.0 Å². The Hall–Kier alpha value is -1.69. The van der Waals surface area contributed by atoms with E-state index < -0.39 is 10.0 Å². The second kappa shape index (κ2) is 5.97. The van der Waals surface area contributed by atoms with E-state index in [1.807, 2.05) is 30.3 Å². The lowest BCUT2D eigenvalue weighted by molar-refractivity contribution is 0.278. The van der Waals surface area contributed by atoms with Crippen LogP contribution in [-0.4, -0.2) is 13.5 Å². The van der Waals surface area contributed by atoms with E-state index in [-0.39, 0.29) is 18.0 Å². The molecule has 0 amide bonds. The molecule has 0 radical (unpaired) electrons. The Labute approximate surface area is 112 Å². The summed E-state index contributed by atoms with van der Waals surface area (Å²) in [6.07, 6.45) is 0. The summed E-state index contributed by atoms with van der Waals surface area (Å²) in [6.45, 7) is -0.0780. The molecular formula is C14H15NO3S. The maximum atomic E-state index is 12.2. The van der Waals surface area contributed by atoms with Crippen molar-refractivity contribution in [2.24, 2.45) is 0 Å². The molecule has 0 bridgehead atoms. The van der Waals surface area contributed by atoms with Gasteiger partial charge in [-0.1, -0.05) is 48.5 Å². The van der Waals surface area contributed by atoms with Gasteiger partial charge in [0.15, 0.2) is 0 Å². The number of benzene rings is 2. The van der Waals surface area contributed by atoms with Gasteiger partial charge in [0.2, 0.25) is 10.0 Å². The van der Waals surface area contributed by atoms with E-state index in [0.717, 1.165) is 5.56 Å². The van der Waals surface area contributed by atoms with E-state index in [2.05, 4.69) is 4.72 Å². The lowest BCUT2D eigenvalue weighted by Crippen LogP contribution is -2.24. The fourth-order valence-electron chi connectivity index (χ4n) is 1.75. The van der Waals surface area contributed by atoms with Crippen molar-refractivity contribution in [2.45, 2.75) is 18.0 Å². The van der Waals surface area contributed by atoms with Gasteiger partial charge in [-0.3, -0.25) is 0 Å². The molecule has 2 rings (SSSR count). The molecule has 0 fully saturated rings. The van der Waals surface area contributed by atoms with Crippen LogP contribution in [0.25, 0.3) is 0 Å². The summed E-state index contributed by atoms with van der Waals surface area (Å²) in [5, 5.41) is 9.17. The Kier molecular flexibility index (Phi) is 4.31. The lowest BCUT2D eigenvalue weighted by Gasteiger charge is -2.10. The molecule has 0 heterocycles. The molecule has 100 valence electrons. The Morgan fingerprint density at radius 1 is 0.947 bits per heavy atom. The highest BCUT2D eigenvalue weighted by atomic mass is 32.2. The molecule has 0 saturated heterocycles. The highest BCUT2D eigenvalue weighted by molar-refractivity contribution is 7.89. The van der Waals surface area contributed by atoms with Crippen LogP contribution >= 0.6 is 0 Å². The van der Waals surface area contributed by atoms with Gasteiger partial charge in [-0.25, -0.2) is 13.1 Å². The minimum absolute atomic E-state index is 0.119. The third-order valence-corrected chi connectivity index (χ3v) is 4.24. The van der Waals surface area contributed by atoms with Gasteiger partial charge in [0.1, 0.15) is 0 Å². The Bertz CT molecular complexity index is 639. The van der Waals surface area contributed by atoms with Crippen LogP contribution in [0.4, 0.5) is 0 Å². The number of rotatable bonds is 5. The smallest absolute Gasteiger partial charge is 0.241 e. The van der Waals surface area contributed by atoms with Gasteiger partial charge >= 0.3 is 0 Å². The average molecular weight is 277 g/mol. The van der Waals surface area contributed by atoms with Gasteiger partial charge in [0.05, 0.1) is 11.5 Å². The first-order valence-electron chi connectivity index (χ1n) is 5.86. The summed E-state index contributed by atoms with van der Waals surface area (Å²) in [5.74, 6) is 0. The second-order valence-corrected chi connectivity index (χ2v) is 5.81. The molecule has 0 saturated carbocycles. The number of hydrogen-bond donors (Lipinski definition) is 2. The van der Waals surface area contributed by atoms with Crippen LogP contribution in [0.3, 0.4) is 0 Å². The number of aliphatic hydroxyl groups is 1. The van der Waals surface area contributed by atoms with Crippen LogP contribution < -0.4 is 4.72 Å². The number of aliphatic hydroxyl groups excluding tert-OH is 1. The predicted octanol–water partition coefficient (Wildman–Crippen LogP) is 1.66. The molecule has 0 aliphatic rings. The molecule has 2 aromatic rings. The standard InChI is InChI=1S/C14H15NO3S/c16-11-13-8-4-5-9-14(13)19(17,18)15-10-12-6-2-1-3-7-12/h1-9,15-16H,10-11H2. The van der Waals surface area contributed by atoms with Crippen molar-refractivity contribution in [1.29, 1.82) is 0 Å². The van der Waals surface area contributed by atoms with Gasteiger partial charge in [-0.05, 0) is 17.2 Å². The monoisotopic (exact) mass is 277 g/mol. The predicted molar refractivity (Wildman–Crippen MR) is 72.8 cm³/mol. The lowest BCUT2D eigenvalue weighted by atomic mass is 10.2. The molecule has 2 N–H and O–H groups in total. The molecule has 0 aromatic heterocycles. The summed E-state index contributed by atoms with van der Waals surface area (Å²) in [4.78, 5) is 0.119. The molecule has 2 aromatic carbocycles. The number of hydrogen-bond acceptors (Lipinski definition) is 3. The minimum atomic E-state index is -3.61. The molecular weight excluding hydrogens is 262 g/mol. The summed E-state index contributed by atoms with van der Waals surface area (Å²) >= 11 is 0. The van der Waals surface area contributed by atoms with E-state index in [9.17, 15) is 13.5 Å². The van der Waals surface area contributed by atoms with Gasteiger partial charge in [-0.15, -0.1) is 0 Å². The minimum Gasteiger partial charge on any atom is -0.392 e. The van der Waals surface area contributed by atoms with Crippen LogP contribution in [0.1, 0.15) is 11.1 Å². The quantitative estimate of drug-likeness (QED) is 0.873. The van der Waals surface area contributed by atoms with Crippen LogP contribution in [0, 0.1) is 0 Å². The highest BCUT2D eigenvalue weighted by Gasteiger charge is 2.17. The van der Waals surface area contributed by atoms with Crippen LogP contribution in [0.15, 0.2) is 59.5 Å². The summed E-state index contributed by atoms with van der Waals surface area (Å²) in [5.41, 5.74) is 1.27. The number of nitrogens with one attached hydrogen (secondary N) is 1. The highest BCUT2D eigenvalue weighted by Crippen LogP contribution is 2.15. The summed E-state index contributed by atoms with van der Waals surface area (Å²) in [6, 6.07) is 15.7. The maximum absolute atomic E-state index is 12.2. The Morgan fingerprint density at radius 3 is 2.26 bits per heavy atom. The molecule has 5 heteroatoms. The van der Waals surface area contributed by atoms with Crippen molar-refractivity contribution in [3.8, 4) is 0 Å². The van der Waals surface area contributed by atoms with Crippen LogP contribution in [-0.2, 0) is 23.2 Å². The zero-order chi connectivity index (χ0) is 13.7. The zero-order valence-electron chi connectivity index (χ0n) is 10.3. The molecule has 0 atom stereocenters. The normalized spacial score (nSPS) is 11.4. The Balaban J connectivity index is 2.19. The first-order valence-corrected chi connectivity index (χ1v) is 7.34. The first kappa shape index (κ1) is 13.7. The van der Waals surface area contributed by atoms with Crippen molar-refractivity contribution in [2.75, 3.05) is 0 Å². The second-order valence-electron chi connectivity index (χ2n) is 4.08.